The molecular formula is C15H18NNaO7. The number of carboxylic acid groups (broad SMARTS) is 1. The number of benzene rings is 1. The molecule has 0 radical (unpaired) electrons. The van der Waals surface area contributed by atoms with Gasteiger partial charge < -0.3 is 24.5 Å². The van der Waals surface area contributed by atoms with Crippen molar-refractivity contribution in [1.29, 1.82) is 0 Å². The molecule has 126 valence electrons. The van der Waals surface area contributed by atoms with E-state index >= 15 is 0 Å². The molecule has 0 fully saturated rings. The zero-order chi connectivity index (χ0) is 17.4. The number of nitrogens with one attached hydrogen (secondary N) is 1. The summed E-state index contributed by atoms with van der Waals surface area (Å²) in [5, 5.41) is 22.6. The van der Waals surface area contributed by atoms with Crippen molar-refractivity contribution in [3.8, 4) is 5.75 Å². The number of amides is 1. The number of esters is 1. The molecule has 9 heteroatoms. The molecule has 1 amide bonds. The predicted molar refractivity (Wildman–Crippen MR) is 77.8 cm³/mol. The standard InChI is InChI=1S/C15H19NO7.Na/c1-3-9(2)14(20)22-7-8-23-15(21)16-11-6-4-5-10(12(11)17)13(18)19;/h4-6,9,17H,3,7-8H2,1-2H3,(H,16,21)(H,18,19);/q;+1/p-1. The number of aromatic hydroxyl groups is 1. The van der Waals surface area contributed by atoms with Crippen LogP contribution in [0.2, 0.25) is 0 Å². The van der Waals surface area contributed by atoms with Gasteiger partial charge in [-0.1, -0.05) is 19.9 Å². The Morgan fingerprint density at radius 1 is 1.25 bits per heavy atom. The van der Waals surface area contributed by atoms with E-state index in [1.165, 1.54) is 12.1 Å². The van der Waals surface area contributed by atoms with Crippen LogP contribution >= 0.6 is 0 Å². The van der Waals surface area contributed by atoms with E-state index in [-0.39, 0.29) is 60.3 Å². The molecule has 1 rings (SSSR count). The summed E-state index contributed by atoms with van der Waals surface area (Å²) in [5.41, 5.74) is -0.585. The first-order chi connectivity index (χ1) is 10.9. The topological polar surface area (TPSA) is 125 Å². The third kappa shape index (κ3) is 6.77. The number of carbonyl (C=O) groups excluding carboxylic acids is 3. The van der Waals surface area contributed by atoms with E-state index in [2.05, 4.69) is 5.32 Å². The van der Waals surface area contributed by atoms with Crippen molar-refractivity contribution >= 4 is 23.7 Å². The first-order valence-corrected chi connectivity index (χ1v) is 7.00. The summed E-state index contributed by atoms with van der Waals surface area (Å²) >= 11 is 0. The molecule has 0 heterocycles. The minimum atomic E-state index is -1.57. The number of carbonyl (C=O) groups is 3. The van der Waals surface area contributed by atoms with E-state index in [0.29, 0.717) is 6.42 Å². The van der Waals surface area contributed by atoms with E-state index in [9.17, 15) is 24.6 Å². The van der Waals surface area contributed by atoms with Gasteiger partial charge in [0.25, 0.3) is 0 Å². The van der Waals surface area contributed by atoms with E-state index in [0.717, 1.165) is 6.07 Å². The van der Waals surface area contributed by atoms with Crippen molar-refractivity contribution in [3.63, 3.8) is 0 Å². The molecule has 0 saturated carbocycles. The zero-order valence-electron chi connectivity index (χ0n) is 13.8. The van der Waals surface area contributed by atoms with Crippen LogP contribution in [0, 0.1) is 5.92 Å². The quantitative estimate of drug-likeness (QED) is 0.250. The number of rotatable bonds is 7. The van der Waals surface area contributed by atoms with Gasteiger partial charge in [0.1, 0.15) is 19.0 Å². The second kappa shape index (κ2) is 10.9. The normalized spacial score (nSPS) is 10.9. The van der Waals surface area contributed by atoms with Crippen LogP contribution < -0.4 is 40.0 Å². The van der Waals surface area contributed by atoms with Crippen LogP contribution in [0.3, 0.4) is 0 Å². The molecule has 2 N–H and O–H groups in total. The van der Waals surface area contributed by atoms with Crippen molar-refractivity contribution in [3.05, 3.63) is 23.8 Å². The number of anilines is 1. The Bertz CT molecular complexity index is 591. The van der Waals surface area contributed by atoms with Gasteiger partial charge in [0.15, 0.2) is 0 Å². The number of ether oxygens (including phenoxy) is 2. The summed E-state index contributed by atoms with van der Waals surface area (Å²) < 4.78 is 9.65. The molecule has 1 unspecified atom stereocenters. The molecule has 0 spiro atoms. The Morgan fingerprint density at radius 3 is 2.46 bits per heavy atom. The first-order valence-electron chi connectivity index (χ1n) is 7.00. The fraction of sp³-hybridized carbons (Fsp3) is 0.400. The molecule has 8 nitrogen and oxygen atoms in total. The van der Waals surface area contributed by atoms with E-state index in [1.54, 1.807) is 6.92 Å². The van der Waals surface area contributed by atoms with Crippen LogP contribution in [0.1, 0.15) is 30.6 Å². The minimum Gasteiger partial charge on any atom is -0.545 e. The fourth-order valence-corrected chi connectivity index (χ4v) is 1.54. The van der Waals surface area contributed by atoms with Gasteiger partial charge in [-0.05, 0) is 18.6 Å². The summed E-state index contributed by atoms with van der Waals surface area (Å²) in [5.74, 6) is -2.81. The van der Waals surface area contributed by atoms with Crippen molar-refractivity contribution in [2.75, 3.05) is 18.5 Å². The molecule has 0 saturated heterocycles. The van der Waals surface area contributed by atoms with Crippen LogP contribution in [0.25, 0.3) is 0 Å². The Kier molecular flexibility index (Phi) is 10.1. The number of hydrogen-bond acceptors (Lipinski definition) is 7. The van der Waals surface area contributed by atoms with E-state index < -0.39 is 23.4 Å². The number of aromatic carboxylic acids is 1. The molecular weight excluding hydrogens is 329 g/mol. The van der Waals surface area contributed by atoms with Crippen LogP contribution in [0.5, 0.6) is 5.75 Å². The number of phenols is 1. The van der Waals surface area contributed by atoms with Gasteiger partial charge >= 0.3 is 41.6 Å². The Balaban J connectivity index is 0.00000529. The van der Waals surface area contributed by atoms with Crippen molar-refractivity contribution in [2.24, 2.45) is 5.92 Å². The fourth-order valence-electron chi connectivity index (χ4n) is 1.54. The van der Waals surface area contributed by atoms with Crippen LogP contribution in [-0.2, 0) is 14.3 Å². The number of hydrogen-bond donors (Lipinski definition) is 2. The number of carboxylic acids is 1. The Hall–Kier alpha value is -1.77. The van der Waals surface area contributed by atoms with E-state index in [1.807, 2.05) is 6.92 Å². The second-order valence-corrected chi connectivity index (χ2v) is 4.73. The predicted octanol–water partition coefficient (Wildman–Crippen LogP) is -2.10. The summed E-state index contributed by atoms with van der Waals surface area (Å²) in [7, 11) is 0. The van der Waals surface area contributed by atoms with Gasteiger partial charge in [-0.2, -0.15) is 0 Å². The van der Waals surface area contributed by atoms with Gasteiger partial charge in [0.05, 0.1) is 17.6 Å². The SMILES string of the molecule is CCC(C)C(=O)OCCOC(=O)Nc1cccc(C(=O)[O-])c1O.[Na+]. The molecule has 0 bridgehead atoms. The summed E-state index contributed by atoms with van der Waals surface area (Å²) in [6.07, 6.45) is -0.274. The van der Waals surface area contributed by atoms with Gasteiger partial charge in [0, 0.05) is 5.56 Å². The maximum atomic E-state index is 11.5. The van der Waals surface area contributed by atoms with Gasteiger partial charge in [0.2, 0.25) is 0 Å². The van der Waals surface area contributed by atoms with Crippen molar-refractivity contribution in [1.82, 2.24) is 0 Å². The molecule has 1 aromatic carbocycles. The van der Waals surface area contributed by atoms with Crippen molar-refractivity contribution < 1.29 is 63.6 Å². The van der Waals surface area contributed by atoms with Gasteiger partial charge in [-0.3, -0.25) is 10.1 Å². The maximum absolute atomic E-state index is 11.5. The van der Waals surface area contributed by atoms with Gasteiger partial charge in [-0.15, -0.1) is 0 Å². The van der Waals surface area contributed by atoms with Crippen LogP contribution in [0.4, 0.5) is 10.5 Å². The molecule has 1 atom stereocenters. The monoisotopic (exact) mass is 347 g/mol. The summed E-state index contributed by atoms with van der Waals surface area (Å²) in [4.78, 5) is 33.7. The zero-order valence-corrected chi connectivity index (χ0v) is 15.8. The Morgan fingerprint density at radius 2 is 1.88 bits per heavy atom. The minimum absolute atomic E-state index is 0. The molecule has 1 aromatic rings. The maximum Gasteiger partial charge on any atom is 1.00 e. The first kappa shape index (κ1) is 22.2. The average molecular weight is 347 g/mol. The largest absolute Gasteiger partial charge is 1.00 e. The van der Waals surface area contributed by atoms with Crippen molar-refractivity contribution in [2.45, 2.75) is 20.3 Å². The average Bonchev–Trinajstić information content (AvgIpc) is 2.52. The van der Waals surface area contributed by atoms with Crippen LogP contribution in [0.15, 0.2) is 18.2 Å². The van der Waals surface area contributed by atoms with Gasteiger partial charge in [-0.25, -0.2) is 4.79 Å². The molecule has 0 aromatic heterocycles. The third-order valence-corrected chi connectivity index (χ3v) is 3.07. The summed E-state index contributed by atoms with van der Waals surface area (Å²) in [6, 6.07) is 3.76. The molecule has 0 aliphatic heterocycles. The smallest absolute Gasteiger partial charge is 0.545 e. The summed E-state index contributed by atoms with van der Waals surface area (Å²) in [6.45, 7) is 3.31. The van der Waals surface area contributed by atoms with E-state index in [4.69, 9.17) is 9.47 Å². The molecule has 0 aliphatic carbocycles. The molecule has 24 heavy (non-hydrogen) atoms. The van der Waals surface area contributed by atoms with Crippen LogP contribution in [-0.4, -0.2) is 36.4 Å². The Labute approximate surface area is 161 Å². The third-order valence-electron chi connectivity index (χ3n) is 3.07. The molecule has 0 aliphatic rings. The number of para-hydroxylation sites is 1. The second-order valence-electron chi connectivity index (χ2n) is 4.73.